The average Bonchev–Trinajstić information content (AvgIpc) is 3.56. The van der Waals surface area contributed by atoms with Crippen LogP contribution in [0.4, 0.5) is 4.79 Å². The summed E-state index contributed by atoms with van der Waals surface area (Å²) < 4.78 is 0.715. The summed E-state index contributed by atoms with van der Waals surface area (Å²) in [7, 11) is 2.17. The van der Waals surface area contributed by atoms with Crippen LogP contribution in [0.5, 0.6) is 0 Å². The molecule has 2 unspecified atom stereocenters. The van der Waals surface area contributed by atoms with E-state index >= 15 is 0 Å². The molecule has 2 aromatic rings. The van der Waals surface area contributed by atoms with Crippen LogP contribution >= 0.6 is 11.3 Å². The Bertz CT molecular complexity index is 941. The zero-order chi connectivity index (χ0) is 21.5. The van der Waals surface area contributed by atoms with Crippen LogP contribution in [0.2, 0.25) is 0 Å². The largest absolute Gasteiger partial charge is 0.326 e. The number of likely N-dealkylation sites (tertiary alicyclic amines) is 1. The number of carbonyl (C=O) groups excluding carboxylic acids is 2. The van der Waals surface area contributed by atoms with Crippen molar-refractivity contribution >= 4 is 23.2 Å². The van der Waals surface area contributed by atoms with Gasteiger partial charge in [0.1, 0.15) is 6.54 Å². The van der Waals surface area contributed by atoms with Gasteiger partial charge in [0.25, 0.3) is 0 Å². The predicted molar refractivity (Wildman–Crippen MR) is 123 cm³/mol. The van der Waals surface area contributed by atoms with Crippen molar-refractivity contribution in [2.45, 2.75) is 43.7 Å². The minimum Gasteiger partial charge on any atom is -0.326 e. The second kappa shape index (κ2) is 8.06. The number of nitrogens with zero attached hydrogens (tertiary/aromatic N) is 2. The Labute approximate surface area is 188 Å². The number of Topliss-reactive ketones (excluding diaryl/α,β-unsaturated/α-hetero) is 1. The Hall–Kier alpha value is -2.18. The van der Waals surface area contributed by atoms with E-state index in [0.29, 0.717) is 16.9 Å². The minimum absolute atomic E-state index is 0.0683. The molecule has 5 rings (SSSR count). The van der Waals surface area contributed by atoms with E-state index in [0.717, 1.165) is 30.9 Å². The van der Waals surface area contributed by atoms with E-state index in [4.69, 9.17) is 0 Å². The molecule has 3 aliphatic rings. The molecule has 3 fully saturated rings. The summed E-state index contributed by atoms with van der Waals surface area (Å²) in [5, 5.41) is 5.42. The van der Waals surface area contributed by atoms with Gasteiger partial charge in [0, 0.05) is 6.42 Å². The Morgan fingerprint density at radius 2 is 1.94 bits per heavy atom. The van der Waals surface area contributed by atoms with Gasteiger partial charge in [0.05, 0.1) is 43.1 Å². The molecule has 2 saturated heterocycles. The van der Waals surface area contributed by atoms with E-state index in [1.165, 1.54) is 42.6 Å². The number of hydrogen-bond donors (Lipinski definition) is 1. The van der Waals surface area contributed by atoms with Crippen molar-refractivity contribution in [2.24, 2.45) is 5.92 Å². The third kappa shape index (κ3) is 3.80. The number of amides is 2. The minimum atomic E-state index is -0.284. The second-order valence-corrected chi connectivity index (χ2v) is 10.9. The van der Waals surface area contributed by atoms with Gasteiger partial charge in [-0.2, -0.15) is 0 Å². The Balaban J connectivity index is 1.34. The van der Waals surface area contributed by atoms with Gasteiger partial charge in [-0.3, -0.25) is 4.79 Å². The highest BCUT2D eigenvalue weighted by molar-refractivity contribution is 7.12. The Morgan fingerprint density at radius 3 is 2.65 bits per heavy atom. The molecule has 2 aliphatic heterocycles. The lowest BCUT2D eigenvalue weighted by molar-refractivity contribution is -0.890. The summed E-state index contributed by atoms with van der Waals surface area (Å²) in [6, 6.07) is 14.7. The van der Waals surface area contributed by atoms with E-state index in [2.05, 4.69) is 41.5 Å². The number of hydrogen-bond acceptors (Lipinski definition) is 3. The lowest BCUT2D eigenvalue weighted by Crippen LogP contribution is -2.49. The molecule has 3 atom stereocenters. The van der Waals surface area contributed by atoms with Crippen LogP contribution in [0.25, 0.3) is 0 Å². The van der Waals surface area contributed by atoms with Gasteiger partial charge < -0.3 is 14.7 Å². The molecule has 31 heavy (non-hydrogen) atoms. The first-order chi connectivity index (χ1) is 15.0. The number of ketones is 1. The van der Waals surface area contributed by atoms with Gasteiger partial charge in [-0.1, -0.05) is 49.2 Å². The molecule has 1 aromatic heterocycles. The normalized spacial score (nSPS) is 31.3. The summed E-state index contributed by atoms with van der Waals surface area (Å²) in [5.74, 6) is 0.708. The molecule has 6 heteroatoms. The fourth-order valence-corrected chi connectivity index (χ4v) is 6.79. The number of quaternary nitrogens is 1. The van der Waals surface area contributed by atoms with Crippen molar-refractivity contribution in [3.8, 4) is 0 Å². The number of urea groups is 1. The van der Waals surface area contributed by atoms with E-state index < -0.39 is 0 Å². The van der Waals surface area contributed by atoms with Crippen LogP contribution in [-0.4, -0.2) is 60.5 Å². The molecule has 5 nitrogen and oxygen atoms in total. The van der Waals surface area contributed by atoms with E-state index in [-0.39, 0.29) is 23.4 Å². The molecule has 3 heterocycles. The van der Waals surface area contributed by atoms with Crippen LogP contribution in [0.15, 0.2) is 47.8 Å². The maximum absolute atomic E-state index is 13.3. The third-order valence-electron chi connectivity index (χ3n) is 7.77. The number of nitrogens with one attached hydrogen (secondary N) is 1. The van der Waals surface area contributed by atoms with Crippen molar-refractivity contribution in [1.29, 1.82) is 0 Å². The van der Waals surface area contributed by atoms with Crippen molar-refractivity contribution < 1.29 is 14.1 Å². The molecular formula is C25H32N3O2S+. The van der Waals surface area contributed by atoms with Crippen LogP contribution < -0.4 is 5.32 Å². The monoisotopic (exact) mass is 438 g/mol. The summed E-state index contributed by atoms with van der Waals surface area (Å²) in [6.45, 7) is 3.04. The number of rotatable bonds is 6. The number of thiophene rings is 1. The Kier molecular flexibility index (Phi) is 5.39. The highest BCUT2D eigenvalue weighted by Crippen LogP contribution is 2.44. The van der Waals surface area contributed by atoms with Crippen LogP contribution in [0.1, 0.15) is 47.3 Å². The summed E-state index contributed by atoms with van der Waals surface area (Å²) in [4.78, 5) is 28.9. The van der Waals surface area contributed by atoms with Gasteiger partial charge in [-0.15, -0.1) is 11.3 Å². The molecular weight excluding hydrogens is 406 g/mol. The molecule has 1 N–H and O–H groups in total. The van der Waals surface area contributed by atoms with Crippen LogP contribution in [0, 0.1) is 5.92 Å². The van der Waals surface area contributed by atoms with E-state index in [1.54, 1.807) is 0 Å². The fourth-order valence-electron chi connectivity index (χ4n) is 6.13. The highest BCUT2D eigenvalue weighted by atomic mass is 32.1. The molecule has 2 amide bonds. The summed E-state index contributed by atoms with van der Waals surface area (Å²) >= 11 is 1.52. The van der Waals surface area contributed by atoms with E-state index in [9.17, 15) is 9.59 Å². The molecule has 1 aliphatic carbocycles. The smallest absolute Gasteiger partial charge is 0.318 e. The zero-order valence-corrected chi connectivity index (χ0v) is 19.1. The first kappa shape index (κ1) is 20.7. The first-order valence-corrected chi connectivity index (χ1v) is 12.4. The molecule has 0 bridgehead atoms. The molecule has 0 spiro atoms. The van der Waals surface area contributed by atoms with E-state index in [1.807, 2.05) is 23.6 Å². The maximum atomic E-state index is 13.3. The van der Waals surface area contributed by atoms with Gasteiger partial charge in [0.15, 0.2) is 0 Å². The van der Waals surface area contributed by atoms with Crippen molar-refractivity contribution in [3.05, 3.63) is 58.3 Å². The maximum Gasteiger partial charge on any atom is 0.318 e. The number of benzene rings is 1. The topological polar surface area (TPSA) is 49.4 Å². The molecule has 1 aromatic carbocycles. The lowest BCUT2D eigenvalue weighted by Gasteiger charge is -2.36. The average molecular weight is 439 g/mol. The van der Waals surface area contributed by atoms with Crippen molar-refractivity contribution in [2.75, 3.05) is 33.2 Å². The van der Waals surface area contributed by atoms with Crippen LogP contribution in [-0.2, 0) is 5.54 Å². The van der Waals surface area contributed by atoms with Gasteiger partial charge in [-0.25, -0.2) is 4.79 Å². The zero-order valence-electron chi connectivity index (χ0n) is 18.3. The SMILES string of the molecule is C[N+]1(CC(=O)c2cccs2)CC[C@@H](N2CC(c3ccccc3)(C3CCCC3)NC2=O)C1. The Morgan fingerprint density at radius 1 is 1.16 bits per heavy atom. The van der Waals surface area contributed by atoms with Gasteiger partial charge in [0.2, 0.25) is 5.78 Å². The summed E-state index contributed by atoms with van der Waals surface area (Å²) in [5.41, 5.74) is 0.953. The van der Waals surface area contributed by atoms with Gasteiger partial charge in [-0.05, 0) is 35.8 Å². The highest BCUT2D eigenvalue weighted by Gasteiger charge is 2.53. The number of likely N-dealkylation sites (N-methyl/N-ethyl adjacent to an activating group) is 1. The predicted octanol–water partition coefficient (Wildman–Crippen LogP) is 4.26. The van der Waals surface area contributed by atoms with Gasteiger partial charge >= 0.3 is 6.03 Å². The van der Waals surface area contributed by atoms with Crippen molar-refractivity contribution in [3.63, 3.8) is 0 Å². The van der Waals surface area contributed by atoms with Crippen LogP contribution in [0.3, 0.4) is 0 Å². The standard InChI is InChI=1S/C25H31N3O2S/c1-28(17-22(29)23-12-7-15-31-23)14-13-21(16-28)27-18-25(26-24(27)30,20-10-5-6-11-20)19-8-3-2-4-9-19/h2-4,7-9,12,15,20-21H,5-6,10-11,13-14,16-18H2,1H3/p+1/t21-,25?,28?/m1/s1. The van der Waals surface area contributed by atoms with Crippen molar-refractivity contribution in [1.82, 2.24) is 10.2 Å². The second-order valence-electron chi connectivity index (χ2n) is 9.90. The first-order valence-electron chi connectivity index (χ1n) is 11.5. The quantitative estimate of drug-likeness (QED) is 0.541. The fraction of sp³-hybridized carbons (Fsp3) is 0.520. The summed E-state index contributed by atoms with van der Waals surface area (Å²) in [6.07, 6.45) is 5.81. The molecule has 0 radical (unpaired) electrons. The lowest BCUT2D eigenvalue weighted by atomic mass is 9.77. The third-order valence-corrected chi connectivity index (χ3v) is 8.68. The molecule has 1 saturated carbocycles. The number of carbonyl (C=O) groups is 2. The molecule has 164 valence electrons.